The number of fused-ring (bicyclic) bond motifs is 1. The second-order valence-electron chi connectivity index (χ2n) is 8.47. The van der Waals surface area contributed by atoms with E-state index in [1.54, 1.807) is 0 Å². The quantitative estimate of drug-likeness (QED) is 0.792. The molecule has 2 heterocycles. The molecule has 1 saturated carbocycles. The van der Waals surface area contributed by atoms with Gasteiger partial charge < -0.3 is 15.0 Å². The second-order valence-corrected chi connectivity index (χ2v) is 10.6. The first-order chi connectivity index (χ1) is 13.2. The van der Waals surface area contributed by atoms with Gasteiger partial charge in [-0.25, -0.2) is 18.4 Å². The van der Waals surface area contributed by atoms with E-state index in [4.69, 9.17) is 14.7 Å². The normalized spacial score (nSPS) is 24.3. The van der Waals surface area contributed by atoms with Gasteiger partial charge in [0, 0.05) is 31.3 Å². The predicted octanol–water partition coefficient (Wildman–Crippen LogP) is 2.48. The Bertz CT molecular complexity index is 965. The monoisotopic (exact) mass is 404 g/mol. The van der Waals surface area contributed by atoms with Gasteiger partial charge in [-0.1, -0.05) is 12.1 Å². The maximum Gasteiger partial charge on any atom is 0.172 e. The van der Waals surface area contributed by atoms with Crippen molar-refractivity contribution < 1.29 is 13.2 Å². The van der Waals surface area contributed by atoms with Gasteiger partial charge in [-0.15, -0.1) is 0 Å². The standard InChI is InChI=1S/C20H28N4O3S/c1-14-10-24(11-15(2)27-14)19-18(22-16-6-4-5-7-17(16)23-19)21-12-20(8-9-20)13-28(3,25)26/h4-7,14-15H,8-13H2,1-3H3,(H,21,22). The van der Waals surface area contributed by atoms with Gasteiger partial charge in [0.05, 0.1) is 29.0 Å². The van der Waals surface area contributed by atoms with E-state index >= 15 is 0 Å². The van der Waals surface area contributed by atoms with E-state index in [1.165, 1.54) is 6.26 Å². The number of ether oxygens (including phenoxy) is 1. The summed E-state index contributed by atoms with van der Waals surface area (Å²) in [5.41, 5.74) is 1.51. The number of hydrogen-bond donors (Lipinski definition) is 1. The molecule has 1 saturated heterocycles. The van der Waals surface area contributed by atoms with Crippen molar-refractivity contribution in [2.24, 2.45) is 5.41 Å². The Kier molecular flexibility index (Phi) is 4.95. The maximum absolute atomic E-state index is 11.8. The van der Waals surface area contributed by atoms with Gasteiger partial charge in [-0.05, 0) is 38.8 Å². The fourth-order valence-corrected chi connectivity index (χ4v) is 5.56. The van der Waals surface area contributed by atoms with Crippen molar-refractivity contribution in [2.75, 3.05) is 41.9 Å². The third kappa shape index (κ3) is 4.38. The zero-order valence-electron chi connectivity index (χ0n) is 16.7. The summed E-state index contributed by atoms with van der Waals surface area (Å²) in [6.07, 6.45) is 3.39. The number of nitrogens with one attached hydrogen (secondary N) is 1. The summed E-state index contributed by atoms with van der Waals surface area (Å²) in [5.74, 6) is 1.75. The smallest absolute Gasteiger partial charge is 0.172 e. The molecule has 2 aromatic rings. The van der Waals surface area contributed by atoms with Crippen LogP contribution in [0.4, 0.5) is 11.6 Å². The van der Waals surface area contributed by atoms with E-state index in [0.717, 1.165) is 48.6 Å². The highest BCUT2D eigenvalue weighted by Crippen LogP contribution is 2.47. The highest BCUT2D eigenvalue weighted by molar-refractivity contribution is 7.90. The SMILES string of the molecule is CC1CN(c2nc3ccccc3nc2NCC2(CS(C)(=O)=O)CC2)CC(C)O1. The first kappa shape index (κ1) is 19.4. The van der Waals surface area contributed by atoms with E-state index in [2.05, 4.69) is 24.1 Å². The van der Waals surface area contributed by atoms with Crippen molar-refractivity contribution >= 4 is 32.5 Å². The summed E-state index contributed by atoms with van der Waals surface area (Å²) in [4.78, 5) is 11.9. The van der Waals surface area contributed by atoms with E-state index in [0.29, 0.717) is 6.54 Å². The lowest BCUT2D eigenvalue weighted by atomic mass is 10.1. The summed E-state index contributed by atoms with van der Waals surface area (Å²) in [5, 5.41) is 3.44. The number of anilines is 2. The Balaban J connectivity index is 1.64. The number of hydrogen-bond acceptors (Lipinski definition) is 7. The molecule has 1 N–H and O–H groups in total. The largest absolute Gasteiger partial charge is 0.372 e. The zero-order chi connectivity index (χ0) is 19.9. The number of sulfone groups is 1. The van der Waals surface area contributed by atoms with Crippen LogP contribution in [0.1, 0.15) is 26.7 Å². The Morgan fingerprint density at radius 2 is 1.75 bits per heavy atom. The molecule has 28 heavy (non-hydrogen) atoms. The van der Waals surface area contributed by atoms with Crippen molar-refractivity contribution in [2.45, 2.75) is 38.9 Å². The van der Waals surface area contributed by atoms with Gasteiger partial charge in [0.1, 0.15) is 9.84 Å². The van der Waals surface area contributed by atoms with Gasteiger partial charge in [0.25, 0.3) is 0 Å². The molecular formula is C20H28N4O3S. The van der Waals surface area contributed by atoms with Crippen molar-refractivity contribution in [3.8, 4) is 0 Å². The van der Waals surface area contributed by atoms with Crippen molar-refractivity contribution in [1.29, 1.82) is 0 Å². The summed E-state index contributed by atoms with van der Waals surface area (Å²) in [6.45, 7) is 6.22. The zero-order valence-corrected chi connectivity index (χ0v) is 17.5. The number of aromatic nitrogens is 2. The van der Waals surface area contributed by atoms with E-state index in [9.17, 15) is 8.42 Å². The Morgan fingerprint density at radius 3 is 2.32 bits per heavy atom. The fourth-order valence-electron chi connectivity index (χ4n) is 4.06. The number of morpholine rings is 1. The molecule has 2 atom stereocenters. The second kappa shape index (κ2) is 7.15. The molecular weight excluding hydrogens is 376 g/mol. The molecule has 2 aliphatic rings. The molecule has 8 heteroatoms. The van der Waals surface area contributed by atoms with Crippen molar-refractivity contribution in [3.63, 3.8) is 0 Å². The highest BCUT2D eigenvalue weighted by atomic mass is 32.2. The lowest BCUT2D eigenvalue weighted by molar-refractivity contribution is -0.00541. The fraction of sp³-hybridized carbons (Fsp3) is 0.600. The maximum atomic E-state index is 11.8. The van der Waals surface area contributed by atoms with Crippen molar-refractivity contribution in [3.05, 3.63) is 24.3 Å². The van der Waals surface area contributed by atoms with Gasteiger partial charge >= 0.3 is 0 Å². The van der Waals surface area contributed by atoms with Crippen LogP contribution in [0.25, 0.3) is 11.0 Å². The molecule has 1 aromatic carbocycles. The molecule has 4 rings (SSSR count). The number of para-hydroxylation sites is 2. The van der Waals surface area contributed by atoms with Crippen LogP contribution < -0.4 is 10.2 Å². The molecule has 0 spiro atoms. The van der Waals surface area contributed by atoms with Crippen LogP contribution in [0.2, 0.25) is 0 Å². The molecule has 0 radical (unpaired) electrons. The Morgan fingerprint density at radius 1 is 1.14 bits per heavy atom. The minimum Gasteiger partial charge on any atom is -0.372 e. The molecule has 2 fully saturated rings. The molecule has 1 aliphatic heterocycles. The summed E-state index contributed by atoms with van der Waals surface area (Å²) in [6, 6.07) is 7.83. The molecule has 0 bridgehead atoms. The van der Waals surface area contributed by atoms with Crippen LogP contribution in [0.3, 0.4) is 0 Å². The number of benzene rings is 1. The van der Waals surface area contributed by atoms with E-state index in [-0.39, 0.29) is 23.4 Å². The lowest BCUT2D eigenvalue weighted by Crippen LogP contribution is -2.46. The van der Waals surface area contributed by atoms with Crippen LogP contribution >= 0.6 is 0 Å². The van der Waals surface area contributed by atoms with Crippen LogP contribution in [-0.2, 0) is 14.6 Å². The molecule has 152 valence electrons. The third-order valence-corrected chi connectivity index (χ3v) is 6.56. The predicted molar refractivity (Wildman–Crippen MR) is 112 cm³/mol. The average Bonchev–Trinajstić information content (AvgIpc) is 3.36. The Hall–Kier alpha value is -1.93. The molecule has 2 unspecified atom stereocenters. The van der Waals surface area contributed by atoms with Gasteiger partial charge in [-0.2, -0.15) is 0 Å². The molecule has 0 amide bonds. The lowest BCUT2D eigenvalue weighted by Gasteiger charge is -2.36. The highest BCUT2D eigenvalue weighted by Gasteiger charge is 2.45. The molecule has 7 nitrogen and oxygen atoms in total. The summed E-state index contributed by atoms with van der Waals surface area (Å²) < 4.78 is 29.4. The van der Waals surface area contributed by atoms with Crippen LogP contribution in [0.15, 0.2) is 24.3 Å². The van der Waals surface area contributed by atoms with Crippen LogP contribution in [0.5, 0.6) is 0 Å². The van der Waals surface area contributed by atoms with Gasteiger partial charge in [0.15, 0.2) is 11.6 Å². The van der Waals surface area contributed by atoms with E-state index in [1.807, 2.05) is 24.3 Å². The first-order valence-electron chi connectivity index (χ1n) is 9.82. The van der Waals surface area contributed by atoms with Gasteiger partial charge in [-0.3, -0.25) is 0 Å². The third-order valence-electron chi connectivity index (χ3n) is 5.43. The first-order valence-corrected chi connectivity index (χ1v) is 11.9. The van der Waals surface area contributed by atoms with Gasteiger partial charge in [0.2, 0.25) is 0 Å². The average molecular weight is 405 g/mol. The number of rotatable bonds is 6. The Labute approximate surface area is 166 Å². The summed E-state index contributed by atoms with van der Waals surface area (Å²) >= 11 is 0. The molecule has 1 aromatic heterocycles. The number of nitrogens with zero attached hydrogens (tertiary/aromatic N) is 3. The van der Waals surface area contributed by atoms with E-state index < -0.39 is 9.84 Å². The van der Waals surface area contributed by atoms with Crippen LogP contribution in [0, 0.1) is 5.41 Å². The molecule has 1 aliphatic carbocycles. The van der Waals surface area contributed by atoms with Crippen molar-refractivity contribution in [1.82, 2.24) is 9.97 Å². The minimum atomic E-state index is -3.01. The topological polar surface area (TPSA) is 84.4 Å². The summed E-state index contributed by atoms with van der Waals surface area (Å²) in [7, 11) is -3.01. The van der Waals surface area contributed by atoms with Crippen LogP contribution in [-0.4, -0.2) is 62.2 Å². The minimum absolute atomic E-state index is 0.116.